The monoisotopic (exact) mass is 417 g/mol. The maximum absolute atomic E-state index is 12.8. The average molecular weight is 418 g/mol. The van der Waals surface area contributed by atoms with E-state index in [9.17, 15) is 18.4 Å². The molecule has 1 aromatic rings. The normalized spacial score (nSPS) is 20.3. The van der Waals surface area contributed by atoms with Gasteiger partial charge in [-0.15, -0.1) is 12.4 Å². The van der Waals surface area contributed by atoms with Crippen LogP contribution in [-0.2, 0) is 4.79 Å². The van der Waals surface area contributed by atoms with E-state index in [1.807, 2.05) is 0 Å². The van der Waals surface area contributed by atoms with Crippen LogP contribution in [0.2, 0.25) is 0 Å². The topological polar surface area (TPSA) is 84.7 Å². The van der Waals surface area contributed by atoms with E-state index in [0.29, 0.717) is 31.8 Å². The molecule has 9 heteroatoms. The zero-order valence-corrected chi connectivity index (χ0v) is 16.3. The minimum absolute atomic E-state index is 0. The summed E-state index contributed by atoms with van der Waals surface area (Å²) in [5.74, 6) is -0.508. The van der Waals surface area contributed by atoms with E-state index in [2.05, 4.69) is 10.1 Å². The molecule has 1 saturated carbocycles. The smallest absolute Gasteiger partial charge is 0.387 e. The maximum Gasteiger partial charge on any atom is 0.387 e. The molecule has 156 valence electrons. The number of alkyl halides is 2. The Hall–Kier alpha value is -1.93. The molecule has 1 aliphatic carbocycles. The zero-order valence-electron chi connectivity index (χ0n) is 15.5. The van der Waals surface area contributed by atoms with Crippen molar-refractivity contribution in [2.24, 2.45) is 17.6 Å². The van der Waals surface area contributed by atoms with Crippen LogP contribution in [0.15, 0.2) is 24.3 Å². The molecule has 0 spiro atoms. The number of para-hydroxylation sites is 1. The molecule has 2 amide bonds. The fraction of sp³-hybridized carbons (Fsp3) is 0.579. The molecule has 1 aliphatic heterocycles. The Labute approximate surface area is 169 Å². The summed E-state index contributed by atoms with van der Waals surface area (Å²) in [5.41, 5.74) is 5.83. The summed E-state index contributed by atoms with van der Waals surface area (Å²) >= 11 is 0. The van der Waals surface area contributed by atoms with Gasteiger partial charge in [-0.2, -0.15) is 8.78 Å². The van der Waals surface area contributed by atoms with Gasteiger partial charge in [0.15, 0.2) is 0 Å². The van der Waals surface area contributed by atoms with Crippen molar-refractivity contribution in [2.75, 3.05) is 19.6 Å². The van der Waals surface area contributed by atoms with Crippen LogP contribution in [-0.4, -0.2) is 49.0 Å². The van der Waals surface area contributed by atoms with E-state index in [4.69, 9.17) is 5.73 Å². The number of halogens is 3. The molecule has 3 rings (SSSR count). The third kappa shape index (κ3) is 5.54. The van der Waals surface area contributed by atoms with Gasteiger partial charge in [0.1, 0.15) is 5.75 Å². The number of hydrogen-bond donors (Lipinski definition) is 2. The van der Waals surface area contributed by atoms with Gasteiger partial charge in [-0.1, -0.05) is 12.1 Å². The van der Waals surface area contributed by atoms with Crippen molar-refractivity contribution in [1.29, 1.82) is 0 Å². The fourth-order valence-electron chi connectivity index (χ4n) is 3.56. The first-order valence-electron chi connectivity index (χ1n) is 9.33. The second-order valence-corrected chi connectivity index (χ2v) is 7.15. The maximum atomic E-state index is 12.8. The highest BCUT2D eigenvalue weighted by Gasteiger charge is 2.35. The van der Waals surface area contributed by atoms with Gasteiger partial charge in [0.05, 0.1) is 11.5 Å². The van der Waals surface area contributed by atoms with Crippen LogP contribution < -0.4 is 15.8 Å². The molecule has 28 heavy (non-hydrogen) atoms. The minimum atomic E-state index is -3.01. The number of piperidine rings is 1. The molecular weight excluding hydrogens is 392 g/mol. The van der Waals surface area contributed by atoms with Crippen molar-refractivity contribution < 1.29 is 23.1 Å². The third-order valence-corrected chi connectivity index (χ3v) is 5.19. The second-order valence-electron chi connectivity index (χ2n) is 7.15. The molecule has 0 bridgehead atoms. The summed E-state index contributed by atoms with van der Waals surface area (Å²) in [6.07, 6.45) is 3.53. The van der Waals surface area contributed by atoms with Crippen molar-refractivity contribution in [3.8, 4) is 5.75 Å². The van der Waals surface area contributed by atoms with Crippen LogP contribution in [0.1, 0.15) is 36.0 Å². The number of rotatable bonds is 7. The lowest BCUT2D eigenvalue weighted by atomic mass is 9.95. The van der Waals surface area contributed by atoms with Crippen molar-refractivity contribution in [1.82, 2.24) is 10.2 Å². The summed E-state index contributed by atoms with van der Waals surface area (Å²) in [4.78, 5) is 26.9. The first kappa shape index (κ1) is 22.4. The van der Waals surface area contributed by atoms with Crippen molar-refractivity contribution in [3.05, 3.63) is 29.8 Å². The molecular formula is C19H26ClF2N3O3. The molecule has 0 aromatic heterocycles. The van der Waals surface area contributed by atoms with Crippen molar-refractivity contribution in [3.63, 3.8) is 0 Å². The van der Waals surface area contributed by atoms with Gasteiger partial charge < -0.3 is 20.7 Å². The number of benzene rings is 1. The zero-order chi connectivity index (χ0) is 19.4. The summed E-state index contributed by atoms with van der Waals surface area (Å²) in [6.45, 7) is -1.86. The van der Waals surface area contributed by atoms with E-state index in [1.165, 1.54) is 23.1 Å². The first-order valence-corrected chi connectivity index (χ1v) is 9.33. The molecule has 1 saturated heterocycles. The quantitative estimate of drug-likeness (QED) is 0.713. The van der Waals surface area contributed by atoms with Gasteiger partial charge in [0.2, 0.25) is 5.91 Å². The summed E-state index contributed by atoms with van der Waals surface area (Å²) in [7, 11) is 0. The van der Waals surface area contributed by atoms with Gasteiger partial charge >= 0.3 is 6.61 Å². The van der Waals surface area contributed by atoms with Crippen LogP contribution in [0.25, 0.3) is 0 Å². The predicted octanol–water partition coefficient (Wildman–Crippen LogP) is 2.42. The largest absolute Gasteiger partial charge is 0.434 e. The molecule has 2 atom stereocenters. The summed E-state index contributed by atoms with van der Waals surface area (Å²) in [6, 6.07) is 5.92. The number of nitrogens with one attached hydrogen (secondary N) is 1. The molecule has 6 nitrogen and oxygen atoms in total. The minimum Gasteiger partial charge on any atom is -0.434 e. The highest BCUT2D eigenvalue weighted by atomic mass is 35.5. The average Bonchev–Trinajstić information content (AvgIpc) is 3.50. The molecule has 0 radical (unpaired) electrons. The summed E-state index contributed by atoms with van der Waals surface area (Å²) < 4.78 is 29.6. The van der Waals surface area contributed by atoms with E-state index in [1.54, 1.807) is 6.07 Å². The van der Waals surface area contributed by atoms with Crippen LogP contribution in [0.5, 0.6) is 5.75 Å². The van der Waals surface area contributed by atoms with Crippen LogP contribution in [0, 0.1) is 11.8 Å². The van der Waals surface area contributed by atoms with Crippen molar-refractivity contribution >= 4 is 24.2 Å². The Bertz CT molecular complexity index is 688. The number of hydrogen-bond acceptors (Lipinski definition) is 4. The lowest BCUT2D eigenvalue weighted by Gasteiger charge is -2.33. The van der Waals surface area contributed by atoms with Gasteiger partial charge in [-0.05, 0) is 43.7 Å². The molecule has 2 fully saturated rings. The highest BCUT2D eigenvalue weighted by molar-refractivity contribution is 5.97. The SMILES string of the molecule is Cl.NCC(NC(=O)C1CCCN(C(=O)c2ccccc2OC(F)F)C1)C1CC1. The van der Waals surface area contributed by atoms with Gasteiger partial charge in [-0.3, -0.25) is 9.59 Å². The number of likely N-dealkylation sites (tertiary alicyclic amines) is 1. The Morgan fingerprint density at radius 1 is 1.25 bits per heavy atom. The van der Waals surface area contributed by atoms with E-state index < -0.39 is 12.5 Å². The van der Waals surface area contributed by atoms with Crippen LogP contribution >= 0.6 is 12.4 Å². The Morgan fingerprint density at radius 2 is 1.96 bits per heavy atom. The number of nitrogens with two attached hydrogens (primary N) is 1. The third-order valence-electron chi connectivity index (χ3n) is 5.19. The standard InChI is InChI=1S/C19H25F2N3O3.ClH/c20-19(21)27-16-6-2-1-5-14(16)18(26)24-9-3-4-13(11-24)17(25)23-15(10-22)12-7-8-12;/h1-2,5-6,12-13,15,19H,3-4,7-11,22H2,(H,23,25);1H. The lowest BCUT2D eigenvalue weighted by molar-refractivity contribution is -0.127. The molecule has 3 N–H and O–H groups in total. The molecule has 1 heterocycles. The Kier molecular flexibility index (Phi) is 8.00. The number of ether oxygens (including phenoxy) is 1. The van der Waals surface area contributed by atoms with Crippen LogP contribution in [0.4, 0.5) is 8.78 Å². The first-order chi connectivity index (χ1) is 13.0. The molecule has 2 aliphatic rings. The number of carbonyl (C=O) groups is 2. The van der Waals surface area contributed by atoms with Gasteiger partial charge in [0.25, 0.3) is 5.91 Å². The lowest BCUT2D eigenvalue weighted by Crippen LogP contribution is -2.49. The molecule has 1 aromatic carbocycles. The van der Waals surface area contributed by atoms with Gasteiger partial charge in [0, 0.05) is 25.7 Å². The number of carbonyl (C=O) groups excluding carboxylic acids is 2. The van der Waals surface area contributed by atoms with Crippen molar-refractivity contribution in [2.45, 2.75) is 38.3 Å². The van der Waals surface area contributed by atoms with E-state index >= 15 is 0 Å². The van der Waals surface area contributed by atoms with E-state index in [-0.39, 0.29) is 48.1 Å². The Balaban J connectivity index is 0.00000280. The predicted molar refractivity (Wildman–Crippen MR) is 103 cm³/mol. The number of amides is 2. The Morgan fingerprint density at radius 3 is 2.61 bits per heavy atom. The second kappa shape index (κ2) is 10.0. The van der Waals surface area contributed by atoms with E-state index in [0.717, 1.165) is 12.8 Å². The summed E-state index contributed by atoms with van der Waals surface area (Å²) in [5, 5.41) is 3.01. The van der Waals surface area contributed by atoms with Crippen LogP contribution in [0.3, 0.4) is 0 Å². The van der Waals surface area contributed by atoms with Gasteiger partial charge in [-0.25, -0.2) is 0 Å². The fourth-order valence-corrected chi connectivity index (χ4v) is 3.56. The molecule has 2 unspecified atom stereocenters. The number of nitrogens with zero attached hydrogens (tertiary/aromatic N) is 1. The highest BCUT2D eigenvalue weighted by Crippen LogP contribution is 2.32.